The largest absolute Gasteiger partial charge is 0.497 e. The Balaban J connectivity index is 1.82. The zero-order chi connectivity index (χ0) is 30.0. The normalized spacial score (nSPS) is 11.2. The number of nitrogens with zero attached hydrogens (tertiary/aromatic N) is 4. The molecule has 0 unspecified atom stereocenters. The Morgan fingerprint density at radius 1 is 0.643 bits per heavy atom. The molecule has 2 heterocycles. The van der Waals surface area contributed by atoms with E-state index in [0.29, 0.717) is 47.4 Å². The van der Waals surface area contributed by atoms with Crippen LogP contribution in [0.3, 0.4) is 0 Å². The first-order chi connectivity index (χ1) is 20.3. The Hall–Kier alpha value is -4.86. The van der Waals surface area contributed by atoms with Crippen LogP contribution in [0.25, 0.3) is 44.8 Å². The molecule has 0 saturated heterocycles. The molecule has 0 aliphatic heterocycles. The average molecular weight is 571 g/mol. The fraction of sp³-hybridized carbons (Fsp3) is 0.312. The van der Waals surface area contributed by atoms with E-state index in [1.807, 2.05) is 59.4 Å². The van der Waals surface area contributed by atoms with Gasteiger partial charge in [-0.25, -0.2) is 9.97 Å². The van der Waals surface area contributed by atoms with Crippen molar-refractivity contribution >= 4 is 34.0 Å². The molecule has 5 aromatic rings. The first-order valence-electron chi connectivity index (χ1n) is 14.0. The van der Waals surface area contributed by atoms with E-state index in [2.05, 4.69) is 0 Å². The molecule has 218 valence electrons. The van der Waals surface area contributed by atoms with Crippen molar-refractivity contribution in [1.82, 2.24) is 19.1 Å². The summed E-state index contributed by atoms with van der Waals surface area (Å²) in [5, 5.41) is 0. The molecule has 0 amide bonds. The van der Waals surface area contributed by atoms with E-state index in [9.17, 15) is 9.59 Å². The Morgan fingerprint density at radius 2 is 1.14 bits per heavy atom. The van der Waals surface area contributed by atoms with Gasteiger partial charge in [0.2, 0.25) is 0 Å². The van der Waals surface area contributed by atoms with E-state index in [-0.39, 0.29) is 24.3 Å². The van der Waals surface area contributed by atoms with Gasteiger partial charge < -0.3 is 28.1 Å². The number of aryl methyl sites for hydroxylation is 2. The smallest absolute Gasteiger partial charge is 0.310 e. The lowest BCUT2D eigenvalue weighted by molar-refractivity contribution is -0.135. The van der Waals surface area contributed by atoms with Crippen molar-refractivity contribution in [3.8, 4) is 45.8 Å². The lowest BCUT2D eigenvalue weighted by atomic mass is 10.1. The number of hydrogen-bond acceptors (Lipinski definition) is 8. The van der Waals surface area contributed by atoms with Crippen molar-refractivity contribution < 1.29 is 28.5 Å². The lowest BCUT2D eigenvalue weighted by Gasteiger charge is -2.17. The SMILES string of the molecule is CCC(=O)Oc1cc(-c2nc3ccc(OC)cc3n2CC)c(OC(=O)CC)cc1-c1nc2cc(OC)ccc2n1CC. The van der Waals surface area contributed by atoms with Crippen LogP contribution in [0.2, 0.25) is 0 Å². The number of ether oxygens (including phenoxy) is 4. The van der Waals surface area contributed by atoms with E-state index >= 15 is 0 Å². The van der Waals surface area contributed by atoms with E-state index in [4.69, 9.17) is 28.9 Å². The summed E-state index contributed by atoms with van der Waals surface area (Å²) >= 11 is 0. The third kappa shape index (κ3) is 5.15. The fourth-order valence-electron chi connectivity index (χ4n) is 4.99. The average Bonchev–Trinajstić information content (AvgIpc) is 3.57. The summed E-state index contributed by atoms with van der Waals surface area (Å²) < 4.78 is 26.7. The van der Waals surface area contributed by atoms with E-state index < -0.39 is 11.9 Å². The molecule has 0 saturated carbocycles. The molecule has 0 aliphatic carbocycles. The van der Waals surface area contributed by atoms with Crippen molar-refractivity contribution in [3.05, 3.63) is 48.5 Å². The van der Waals surface area contributed by atoms with Gasteiger partial charge in [0.25, 0.3) is 0 Å². The molecular weight excluding hydrogens is 536 g/mol. The van der Waals surface area contributed by atoms with Crippen molar-refractivity contribution in [1.29, 1.82) is 0 Å². The zero-order valence-corrected chi connectivity index (χ0v) is 24.7. The minimum atomic E-state index is -0.407. The van der Waals surface area contributed by atoms with Gasteiger partial charge in [0.05, 0.1) is 47.4 Å². The minimum absolute atomic E-state index is 0.177. The number of methoxy groups -OCH3 is 2. The molecule has 42 heavy (non-hydrogen) atoms. The molecule has 0 fully saturated rings. The molecule has 5 rings (SSSR count). The molecule has 0 atom stereocenters. The molecule has 0 aliphatic rings. The van der Waals surface area contributed by atoms with Crippen LogP contribution in [0.4, 0.5) is 0 Å². The highest BCUT2D eigenvalue weighted by Crippen LogP contribution is 2.43. The van der Waals surface area contributed by atoms with Crippen molar-refractivity contribution in [2.45, 2.75) is 53.6 Å². The number of benzene rings is 3. The summed E-state index contributed by atoms with van der Waals surface area (Å²) in [6.45, 7) is 8.66. The molecular formula is C32H34N4O6. The molecule has 10 heteroatoms. The number of imidazole rings is 2. The third-order valence-corrected chi connectivity index (χ3v) is 7.13. The first-order valence-corrected chi connectivity index (χ1v) is 14.0. The summed E-state index contributed by atoms with van der Waals surface area (Å²) in [5.74, 6) is 2.27. The highest BCUT2D eigenvalue weighted by atomic mass is 16.5. The summed E-state index contributed by atoms with van der Waals surface area (Å²) in [6.07, 6.45) is 0.353. The van der Waals surface area contributed by atoms with Crippen molar-refractivity contribution in [2.24, 2.45) is 0 Å². The Bertz CT molecular complexity index is 1760. The molecule has 0 radical (unpaired) electrons. The molecule has 0 N–H and O–H groups in total. The molecule has 10 nitrogen and oxygen atoms in total. The second kappa shape index (κ2) is 11.9. The lowest BCUT2D eigenvalue weighted by Crippen LogP contribution is -2.11. The topological polar surface area (TPSA) is 107 Å². The predicted molar refractivity (Wildman–Crippen MR) is 160 cm³/mol. The highest BCUT2D eigenvalue weighted by molar-refractivity contribution is 5.89. The number of aromatic nitrogens is 4. The van der Waals surface area contributed by atoms with Gasteiger partial charge in [-0.2, -0.15) is 0 Å². The maximum atomic E-state index is 12.7. The third-order valence-electron chi connectivity index (χ3n) is 7.13. The van der Waals surface area contributed by atoms with Gasteiger partial charge in [0, 0.05) is 38.1 Å². The van der Waals surface area contributed by atoms with Crippen LogP contribution in [0.5, 0.6) is 23.0 Å². The second-order valence-corrected chi connectivity index (χ2v) is 9.57. The van der Waals surface area contributed by atoms with E-state index in [1.54, 1.807) is 40.2 Å². The maximum absolute atomic E-state index is 12.7. The van der Waals surface area contributed by atoms with Crippen molar-refractivity contribution in [2.75, 3.05) is 14.2 Å². The van der Waals surface area contributed by atoms with Crippen LogP contribution in [0.15, 0.2) is 48.5 Å². The van der Waals surface area contributed by atoms with Crippen LogP contribution in [-0.2, 0) is 22.7 Å². The van der Waals surface area contributed by atoms with Crippen LogP contribution in [0.1, 0.15) is 40.5 Å². The summed E-state index contributed by atoms with van der Waals surface area (Å²) in [7, 11) is 3.22. The van der Waals surface area contributed by atoms with Gasteiger partial charge >= 0.3 is 11.9 Å². The Labute approximate surface area is 243 Å². The van der Waals surface area contributed by atoms with Gasteiger partial charge in [-0.05, 0) is 50.2 Å². The number of esters is 2. The standard InChI is InChI=1S/C32H34N4O6/c1-7-29(37)41-27-18-22(32-34-24-15-19(39-5)12-14-25(24)35(32)9-3)28(42-30(38)8-2)17-21(27)31-33-23-13-11-20(40-6)16-26(23)36(31)10-4/h11-18H,7-10H2,1-6H3. The number of rotatable bonds is 10. The summed E-state index contributed by atoms with van der Waals surface area (Å²) in [4.78, 5) is 35.2. The van der Waals surface area contributed by atoms with Crippen LogP contribution in [0, 0.1) is 0 Å². The minimum Gasteiger partial charge on any atom is -0.497 e. The van der Waals surface area contributed by atoms with Gasteiger partial charge in [-0.15, -0.1) is 0 Å². The predicted octanol–water partition coefficient (Wildman–Crippen LogP) is 6.41. The van der Waals surface area contributed by atoms with E-state index in [0.717, 1.165) is 22.1 Å². The quantitative estimate of drug-likeness (QED) is 0.140. The highest BCUT2D eigenvalue weighted by Gasteiger charge is 2.25. The van der Waals surface area contributed by atoms with Crippen molar-refractivity contribution in [3.63, 3.8) is 0 Å². The summed E-state index contributed by atoms with van der Waals surface area (Å²) in [5.41, 5.74) is 4.24. The van der Waals surface area contributed by atoms with Crippen LogP contribution >= 0.6 is 0 Å². The molecule has 0 bridgehead atoms. The fourth-order valence-corrected chi connectivity index (χ4v) is 4.99. The van der Waals surface area contributed by atoms with Gasteiger partial charge in [0.15, 0.2) is 0 Å². The van der Waals surface area contributed by atoms with Gasteiger partial charge in [0.1, 0.15) is 34.6 Å². The zero-order valence-electron chi connectivity index (χ0n) is 24.7. The first kappa shape index (κ1) is 28.7. The molecule has 2 aromatic heterocycles. The Kier molecular flexibility index (Phi) is 8.15. The Morgan fingerprint density at radius 3 is 1.67 bits per heavy atom. The second-order valence-electron chi connectivity index (χ2n) is 9.57. The van der Waals surface area contributed by atoms with Crippen LogP contribution in [-0.4, -0.2) is 45.3 Å². The van der Waals surface area contributed by atoms with Gasteiger partial charge in [-0.3, -0.25) is 9.59 Å². The van der Waals surface area contributed by atoms with Gasteiger partial charge in [-0.1, -0.05) is 13.8 Å². The van der Waals surface area contributed by atoms with E-state index in [1.165, 1.54) is 0 Å². The molecule has 3 aromatic carbocycles. The number of fused-ring (bicyclic) bond motifs is 2. The maximum Gasteiger partial charge on any atom is 0.310 e. The summed E-state index contributed by atoms with van der Waals surface area (Å²) in [6, 6.07) is 14.7. The number of carbonyl (C=O) groups is 2. The number of carbonyl (C=O) groups excluding carboxylic acids is 2. The van der Waals surface area contributed by atoms with Crippen LogP contribution < -0.4 is 18.9 Å². The number of hydrogen-bond donors (Lipinski definition) is 0. The monoisotopic (exact) mass is 570 g/mol. The molecule has 0 spiro atoms.